The van der Waals surface area contributed by atoms with Crippen molar-refractivity contribution in [3.8, 4) is 11.3 Å². The van der Waals surface area contributed by atoms with Crippen molar-refractivity contribution in [2.75, 3.05) is 0 Å². The Morgan fingerprint density at radius 1 is 1.03 bits per heavy atom. The highest BCUT2D eigenvalue weighted by atomic mass is 19.1. The molecule has 1 aromatic heterocycles. The molecule has 0 aliphatic carbocycles. The molecule has 0 atom stereocenters. The molecule has 4 aromatic rings. The summed E-state index contributed by atoms with van der Waals surface area (Å²) in [5, 5.41) is 12.3. The summed E-state index contributed by atoms with van der Waals surface area (Å²) in [6.45, 7) is 2.51. The van der Waals surface area contributed by atoms with Crippen LogP contribution >= 0.6 is 0 Å². The number of imidazole rings is 1. The molecule has 0 aliphatic heterocycles. The minimum absolute atomic E-state index is 0.139. The fourth-order valence-corrected chi connectivity index (χ4v) is 3.82. The van der Waals surface area contributed by atoms with E-state index in [1.54, 1.807) is 16.7 Å². The van der Waals surface area contributed by atoms with Gasteiger partial charge in [-0.05, 0) is 47.0 Å². The van der Waals surface area contributed by atoms with Crippen molar-refractivity contribution < 1.29 is 14.3 Å². The normalized spacial score (nSPS) is 11.1. The van der Waals surface area contributed by atoms with Crippen molar-refractivity contribution in [1.29, 1.82) is 0 Å². The van der Waals surface area contributed by atoms with E-state index in [1.165, 1.54) is 12.1 Å². The van der Waals surface area contributed by atoms with Gasteiger partial charge in [0.1, 0.15) is 17.3 Å². The topological polar surface area (TPSA) is 55.1 Å². The van der Waals surface area contributed by atoms with E-state index in [1.807, 2.05) is 36.4 Å². The van der Waals surface area contributed by atoms with E-state index in [-0.39, 0.29) is 11.5 Å². The SMILES string of the molecule is CCCCc1nc(-c2ccc(F)cc2)c(C(=O)O)n1Cc1cccc2ccccc12. The third-order valence-corrected chi connectivity index (χ3v) is 5.33. The Balaban J connectivity index is 1.88. The van der Waals surface area contributed by atoms with Crippen LogP contribution in [-0.4, -0.2) is 20.6 Å². The smallest absolute Gasteiger partial charge is 0.354 e. The third kappa shape index (κ3) is 3.83. The second-order valence-electron chi connectivity index (χ2n) is 7.37. The summed E-state index contributed by atoms with van der Waals surface area (Å²) in [6.07, 6.45) is 2.58. The lowest BCUT2D eigenvalue weighted by Gasteiger charge is -2.13. The van der Waals surface area contributed by atoms with Crippen molar-refractivity contribution in [2.45, 2.75) is 32.7 Å². The number of unbranched alkanes of at least 4 members (excludes halogenated alkanes) is 1. The summed E-state index contributed by atoms with van der Waals surface area (Å²) >= 11 is 0. The molecule has 0 bridgehead atoms. The van der Waals surface area contributed by atoms with Crippen LogP contribution in [0.15, 0.2) is 66.7 Å². The molecule has 0 saturated heterocycles. The highest BCUT2D eigenvalue weighted by Crippen LogP contribution is 2.28. The fourth-order valence-electron chi connectivity index (χ4n) is 3.82. The van der Waals surface area contributed by atoms with Gasteiger partial charge in [-0.15, -0.1) is 0 Å². The zero-order chi connectivity index (χ0) is 21.1. The Kier molecular flexibility index (Phi) is 5.61. The lowest BCUT2D eigenvalue weighted by atomic mass is 10.0. The summed E-state index contributed by atoms with van der Waals surface area (Å²) in [5.74, 6) is -0.664. The number of halogens is 1. The number of benzene rings is 3. The highest BCUT2D eigenvalue weighted by molar-refractivity contribution is 5.93. The molecular weight excluding hydrogens is 379 g/mol. The van der Waals surface area contributed by atoms with Crippen LogP contribution < -0.4 is 0 Å². The number of nitrogens with zero attached hydrogens (tertiary/aromatic N) is 2. The predicted octanol–water partition coefficient (Wildman–Crippen LogP) is 5.93. The summed E-state index contributed by atoms with van der Waals surface area (Å²) in [5.41, 5.74) is 2.16. The maximum Gasteiger partial charge on any atom is 0.354 e. The van der Waals surface area contributed by atoms with Crippen LogP contribution in [0, 0.1) is 5.82 Å². The van der Waals surface area contributed by atoms with E-state index in [9.17, 15) is 14.3 Å². The van der Waals surface area contributed by atoms with Gasteiger partial charge in [0.25, 0.3) is 0 Å². The average Bonchev–Trinajstić information content (AvgIpc) is 3.11. The number of carbonyl (C=O) groups is 1. The second-order valence-corrected chi connectivity index (χ2v) is 7.37. The molecule has 1 N–H and O–H groups in total. The van der Waals surface area contributed by atoms with E-state index >= 15 is 0 Å². The molecule has 0 amide bonds. The Labute approximate surface area is 174 Å². The van der Waals surface area contributed by atoms with E-state index in [0.717, 1.165) is 35.0 Å². The van der Waals surface area contributed by atoms with Gasteiger partial charge in [0.15, 0.2) is 5.69 Å². The first kappa shape index (κ1) is 19.8. The molecule has 4 rings (SSSR count). The largest absolute Gasteiger partial charge is 0.477 e. The number of hydrogen-bond donors (Lipinski definition) is 1. The van der Waals surface area contributed by atoms with Gasteiger partial charge in [0.05, 0.1) is 6.54 Å². The monoisotopic (exact) mass is 402 g/mol. The number of hydrogen-bond acceptors (Lipinski definition) is 2. The van der Waals surface area contributed by atoms with Gasteiger partial charge in [-0.2, -0.15) is 0 Å². The molecular formula is C25H23FN2O2. The lowest BCUT2D eigenvalue weighted by molar-refractivity contribution is 0.0686. The molecule has 4 nitrogen and oxygen atoms in total. The molecule has 3 aromatic carbocycles. The zero-order valence-corrected chi connectivity index (χ0v) is 16.8. The van der Waals surface area contributed by atoms with Crippen LogP contribution in [0.25, 0.3) is 22.0 Å². The second kappa shape index (κ2) is 8.49. The molecule has 0 radical (unpaired) electrons. The van der Waals surface area contributed by atoms with Gasteiger partial charge >= 0.3 is 5.97 Å². The van der Waals surface area contributed by atoms with Crippen LogP contribution in [0.3, 0.4) is 0 Å². The number of carboxylic acid groups (broad SMARTS) is 1. The van der Waals surface area contributed by atoms with Crippen molar-refractivity contribution in [1.82, 2.24) is 9.55 Å². The predicted molar refractivity (Wildman–Crippen MR) is 116 cm³/mol. The molecule has 0 fully saturated rings. The highest BCUT2D eigenvalue weighted by Gasteiger charge is 2.24. The number of rotatable bonds is 7. The molecule has 152 valence electrons. The molecule has 30 heavy (non-hydrogen) atoms. The first-order chi connectivity index (χ1) is 14.6. The van der Waals surface area contributed by atoms with Crippen LogP contribution in [-0.2, 0) is 13.0 Å². The van der Waals surface area contributed by atoms with Gasteiger partial charge in [-0.3, -0.25) is 0 Å². The molecule has 0 spiro atoms. The van der Waals surface area contributed by atoms with Gasteiger partial charge in [0, 0.05) is 12.0 Å². The molecule has 0 unspecified atom stereocenters. The Morgan fingerprint density at radius 3 is 2.50 bits per heavy atom. The summed E-state index contributed by atoms with van der Waals surface area (Å²) < 4.78 is 15.2. The minimum Gasteiger partial charge on any atom is -0.477 e. The summed E-state index contributed by atoms with van der Waals surface area (Å²) in [4.78, 5) is 17.0. The number of fused-ring (bicyclic) bond motifs is 1. The molecule has 1 heterocycles. The minimum atomic E-state index is -1.04. The van der Waals surface area contributed by atoms with Gasteiger partial charge in [0.2, 0.25) is 0 Å². The average molecular weight is 402 g/mol. The zero-order valence-electron chi connectivity index (χ0n) is 16.8. The van der Waals surface area contributed by atoms with Gasteiger partial charge < -0.3 is 9.67 Å². The van der Waals surface area contributed by atoms with E-state index in [2.05, 4.69) is 13.0 Å². The third-order valence-electron chi connectivity index (χ3n) is 5.33. The number of aromatic nitrogens is 2. The summed E-state index contributed by atoms with van der Waals surface area (Å²) in [7, 11) is 0. The number of aromatic carboxylic acids is 1. The van der Waals surface area contributed by atoms with Crippen LogP contribution in [0.2, 0.25) is 0 Å². The van der Waals surface area contributed by atoms with E-state index < -0.39 is 5.97 Å². The van der Waals surface area contributed by atoms with Crippen molar-refractivity contribution in [3.63, 3.8) is 0 Å². The lowest BCUT2D eigenvalue weighted by Crippen LogP contribution is -2.13. The Hall–Kier alpha value is -3.47. The maximum absolute atomic E-state index is 13.4. The van der Waals surface area contributed by atoms with Crippen LogP contribution in [0.5, 0.6) is 0 Å². The van der Waals surface area contributed by atoms with Crippen molar-refractivity contribution in [2.24, 2.45) is 0 Å². The first-order valence-electron chi connectivity index (χ1n) is 10.1. The molecule has 0 saturated carbocycles. The van der Waals surface area contributed by atoms with Crippen molar-refractivity contribution >= 4 is 16.7 Å². The van der Waals surface area contributed by atoms with Gasteiger partial charge in [-0.25, -0.2) is 14.2 Å². The van der Waals surface area contributed by atoms with Crippen LogP contribution in [0.1, 0.15) is 41.6 Å². The first-order valence-corrected chi connectivity index (χ1v) is 10.1. The maximum atomic E-state index is 13.4. The number of aryl methyl sites for hydroxylation is 1. The van der Waals surface area contributed by atoms with E-state index in [0.29, 0.717) is 24.2 Å². The van der Waals surface area contributed by atoms with Crippen LogP contribution in [0.4, 0.5) is 4.39 Å². The number of carboxylic acids is 1. The quantitative estimate of drug-likeness (QED) is 0.417. The molecule has 5 heteroatoms. The fraction of sp³-hybridized carbons (Fsp3) is 0.200. The standard InChI is InChI=1S/C25H23FN2O2/c1-2-3-11-22-27-23(18-12-14-20(26)15-13-18)24(25(29)30)28(22)16-19-9-6-8-17-7-4-5-10-21(17)19/h4-10,12-15H,2-3,11,16H2,1H3,(H,29,30). The van der Waals surface area contributed by atoms with Gasteiger partial charge in [-0.1, -0.05) is 55.8 Å². The van der Waals surface area contributed by atoms with E-state index in [4.69, 9.17) is 4.98 Å². The molecule has 0 aliphatic rings. The summed E-state index contributed by atoms with van der Waals surface area (Å²) in [6, 6.07) is 20.0. The van der Waals surface area contributed by atoms with Crippen molar-refractivity contribution in [3.05, 3.63) is 89.6 Å². The Bertz CT molecular complexity index is 1190. The Morgan fingerprint density at radius 2 is 1.77 bits per heavy atom.